The smallest absolute Gasteiger partial charge is 0.252 e. The predicted molar refractivity (Wildman–Crippen MR) is 58.4 cm³/mol. The maximum absolute atomic E-state index is 11.3. The molecule has 0 aromatic carbocycles. The molecular weight excluding hydrogens is 178 g/mol. The molecule has 0 saturated carbocycles. The molecule has 1 atom stereocenters. The van der Waals surface area contributed by atoms with Crippen LogP contribution in [0.15, 0.2) is 23.1 Å². The molecule has 0 aliphatic carbocycles. The number of nitrogens with two attached hydrogens (primary N) is 1. The molecular formula is C10H17N3O. The summed E-state index contributed by atoms with van der Waals surface area (Å²) >= 11 is 0. The van der Waals surface area contributed by atoms with Crippen LogP contribution < -0.4 is 16.6 Å². The first-order chi connectivity index (χ1) is 6.63. The maximum atomic E-state index is 11.3. The lowest BCUT2D eigenvalue weighted by molar-refractivity contribution is 0.715. The zero-order valence-electron chi connectivity index (χ0n) is 8.66. The van der Waals surface area contributed by atoms with Gasteiger partial charge in [-0.15, -0.1) is 0 Å². The highest BCUT2D eigenvalue weighted by atomic mass is 16.1. The first-order valence-electron chi connectivity index (χ1n) is 4.77. The van der Waals surface area contributed by atoms with Crippen molar-refractivity contribution in [1.82, 2.24) is 4.57 Å². The summed E-state index contributed by atoms with van der Waals surface area (Å²) in [4.78, 5) is 11.3. The van der Waals surface area contributed by atoms with Crippen LogP contribution >= 0.6 is 0 Å². The average molecular weight is 195 g/mol. The summed E-state index contributed by atoms with van der Waals surface area (Å²) in [5, 5.41) is 3.22. The number of hydrogen-bond acceptors (Lipinski definition) is 3. The number of rotatable bonds is 4. The van der Waals surface area contributed by atoms with E-state index in [0.29, 0.717) is 12.6 Å². The summed E-state index contributed by atoms with van der Waals surface area (Å²) in [5.74, 6) is 0. The van der Waals surface area contributed by atoms with Gasteiger partial charge in [-0.3, -0.25) is 4.79 Å². The van der Waals surface area contributed by atoms with Crippen molar-refractivity contribution in [3.63, 3.8) is 0 Å². The normalized spacial score (nSPS) is 12.5. The molecule has 0 amide bonds. The van der Waals surface area contributed by atoms with Crippen molar-refractivity contribution in [2.45, 2.75) is 19.4 Å². The molecule has 1 aromatic heterocycles. The van der Waals surface area contributed by atoms with Crippen molar-refractivity contribution < 1.29 is 0 Å². The van der Waals surface area contributed by atoms with E-state index in [2.05, 4.69) is 5.32 Å². The van der Waals surface area contributed by atoms with Crippen molar-refractivity contribution >= 4 is 5.69 Å². The van der Waals surface area contributed by atoms with E-state index in [-0.39, 0.29) is 5.56 Å². The third kappa shape index (κ3) is 2.88. The Labute approximate surface area is 83.7 Å². The molecule has 4 heteroatoms. The Hall–Kier alpha value is -1.29. The van der Waals surface area contributed by atoms with Gasteiger partial charge in [-0.1, -0.05) is 0 Å². The van der Waals surface area contributed by atoms with Crippen LogP contribution in [0.2, 0.25) is 0 Å². The highest BCUT2D eigenvalue weighted by Crippen LogP contribution is 2.05. The van der Waals surface area contributed by atoms with Gasteiger partial charge in [0.15, 0.2) is 0 Å². The molecule has 0 bridgehead atoms. The fourth-order valence-corrected chi connectivity index (χ4v) is 1.24. The Morgan fingerprint density at radius 2 is 2.36 bits per heavy atom. The topological polar surface area (TPSA) is 60.0 Å². The summed E-state index contributed by atoms with van der Waals surface area (Å²) in [6.07, 6.45) is 2.65. The van der Waals surface area contributed by atoms with Gasteiger partial charge < -0.3 is 15.6 Å². The second kappa shape index (κ2) is 4.81. The van der Waals surface area contributed by atoms with Crippen LogP contribution in [-0.4, -0.2) is 17.2 Å². The molecule has 0 aliphatic rings. The molecule has 0 aliphatic heterocycles. The highest BCUT2D eigenvalue weighted by molar-refractivity contribution is 5.41. The summed E-state index contributed by atoms with van der Waals surface area (Å²) in [6, 6.07) is 3.77. The minimum absolute atomic E-state index is 0.00468. The largest absolute Gasteiger partial charge is 0.382 e. The Bertz CT molecular complexity index is 345. The second-order valence-electron chi connectivity index (χ2n) is 3.49. The van der Waals surface area contributed by atoms with Crippen LogP contribution in [-0.2, 0) is 7.05 Å². The third-order valence-corrected chi connectivity index (χ3v) is 2.12. The number of nitrogens with one attached hydrogen (secondary N) is 1. The standard InChI is InChI=1S/C10H17N3O/c1-8(3-5-11)12-9-4-6-13(2)10(14)7-9/h4,6-8,12H,3,5,11H2,1-2H3. The van der Waals surface area contributed by atoms with Crippen LogP contribution in [0.4, 0.5) is 5.69 Å². The Morgan fingerprint density at radius 3 is 2.93 bits per heavy atom. The molecule has 0 spiro atoms. The van der Waals surface area contributed by atoms with Crippen molar-refractivity contribution in [3.05, 3.63) is 28.7 Å². The van der Waals surface area contributed by atoms with Gasteiger partial charge in [0.1, 0.15) is 0 Å². The SMILES string of the molecule is CC(CCN)Nc1ccn(C)c(=O)c1. The predicted octanol–water partition coefficient (Wildman–Crippen LogP) is 0.535. The number of nitrogens with zero attached hydrogens (tertiary/aromatic N) is 1. The molecule has 14 heavy (non-hydrogen) atoms. The number of aromatic nitrogens is 1. The molecule has 1 rings (SSSR count). The lowest BCUT2D eigenvalue weighted by Crippen LogP contribution is -2.21. The second-order valence-corrected chi connectivity index (χ2v) is 3.49. The number of aryl methyl sites for hydroxylation is 1. The minimum Gasteiger partial charge on any atom is -0.382 e. The molecule has 4 nitrogen and oxygen atoms in total. The van der Waals surface area contributed by atoms with Crippen LogP contribution in [0.3, 0.4) is 0 Å². The van der Waals surface area contributed by atoms with Crippen molar-refractivity contribution in [1.29, 1.82) is 0 Å². The van der Waals surface area contributed by atoms with E-state index >= 15 is 0 Å². The third-order valence-electron chi connectivity index (χ3n) is 2.12. The molecule has 0 radical (unpaired) electrons. The molecule has 1 aromatic rings. The van der Waals surface area contributed by atoms with Gasteiger partial charge in [-0.2, -0.15) is 0 Å². The van der Waals surface area contributed by atoms with E-state index in [4.69, 9.17) is 5.73 Å². The number of hydrogen-bond donors (Lipinski definition) is 2. The quantitative estimate of drug-likeness (QED) is 0.737. The van der Waals surface area contributed by atoms with Crippen LogP contribution in [0, 0.1) is 0 Å². The summed E-state index contributed by atoms with van der Waals surface area (Å²) in [6.45, 7) is 2.70. The summed E-state index contributed by atoms with van der Waals surface area (Å²) < 4.78 is 1.54. The van der Waals surface area contributed by atoms with Gasteiger partial charge in [0.2, 0.25) is 0 Å². The minimum atomic E-state index is -0.00468. The molecule has 0 fully saturated rings. The highest BCUT2D eigenvalue weighted by Gasteiger charge is 2.01. The van der Waals surface area contributed by atoms with E-state index in [0.717, 1.165) is 12.1 Å². The van der Waals surface area contributed by atoms with Gasteiger partial charge in [0, 0.05) is 31.0 Å². The maximum Gasteiger partial charge on any atom is 0.252 e. The lowest BCUT2D eigenvalue weighted by atomic mass is 10.2. The summed E-state index contributed by atoms with van der Waals surface area (Å²) in [5.41, 5.74) is 6.28. The first kappa shape index (κ1) is 10.8. The van der Waals surface area contributed by atoms with Gasteiger partial charge >= 0.3 is 0 Å². The Balaban J connectivity index is 2.68. The van der Waals surface area contributed by atoms with Crippen LogP contribution in [0.1, 0.15) is 13.3 Å². The van der Waals surface area contributed by atoms with Crippen LogP contribution in [0.5, 0.6) is 0 Å². The van der Waals surface area contributed by atoms with Crippen molar-refractivity contribution in [3.8, 4) is 0 Å². The molecule has 3 N–H and O–H groups in total. The average Bonchev–Trinajstić information content (AvgIpc) is 2.12. The summed E-state index contributed by atoms with van der Waals surface area (Å²) in [7, 11) is 1.73. The zero-order chi connectivity index (χ0) is 10.6. The van der Waals surface area contributed by atoms with Gasteiger partial charge in [-0.05, 0) is 26.0 Å². The molecule has 78 valence electrons. The monoisotopic (exact) mass is 195 g/mol. The van der Waals surface area contributed by atoms with E-state index in [1.807, 2.05) is 13.0 Å². The van der Waals surface area contributed by atoms with E-state index in [1.165, 1.54) is 0 Å². The molecule has 1 heterocycles. The van der Waals surface area contributed by atoms with Gasteiger partial charge in [0.05, 0.1) is 0 Å². The zero-order valence-corrected chi connectivity index (χ0v) is 8.66. The number of pyridine rings is 1. The molecule has 0 saturated heterocycles. The molecule has 1 unspecified atom stereocenters. The lowest BCUT2D eigenvalue weighted by Gasteiger charge is -2.13. The first-order valence-corrected chi connectivity index (χ1v) is 4.77. The number of anilines is 1. The van der Waals surface area contributed by atoms with E-state index < -0.39 is 0 Å². The van der Waals surface area contributed by atoms with Gasteiger partial charge in [0.25, 0.3) is 5.56 Å². The van der Waals surface area contributed by atoms with Crippen LogP contribution in [0.25, 0.3) is 0 Å². The Kier molecular flexibility index (Phi) is 3.71. The fraction of sp³-hybridized carbons (Fsp3) is 0.500. The van der Waals surface area contributed by atoms with Gasteiger partial charge in [-0.25, -0.2) is 0 Å². The van der Waals surface area contributed by atoms with Crippen molar-refractivity contribution in [2.24, 2.45) is 12.8 Å². The van der Waals surface area contributed by atoms with E-state index in [9.17, 15) is 4.79 Å². The Morgan fingerprint density at radius 1 is 1.64 bits per heavy atom. The van der Waals surface area contributed by atoms with Crippen molar-refractivity contribution in [2.75, 3.05) is 11.9 Å². The fourth-order valence-electron chi connectivity index (χ4n) is 1.24. The van der Waals surface area contributed by atoms with E-state index in [1.54, 1.807) is 23.9 Å².